The molecule has 0 spiro atoms. The summed E-state index contributed by atoms with van der Waals surface area (Å²) in [5.74, 6) is 1.97. The summed E-state index contributed by atoms with van der Waals surface area (Å²) >= 11 is 5.04. The Kier molecular flexibility index (Phi) is 4.18. The first-order valence-electron chi connectivity index (χ1n) is 7.26. The SMILES string of the molecule is COc1ccc2c(c1)nnn2-c1nc(SC)nc(-c2ccco2)c1Br. The van der Waals surface area contributed by atoms with E-state index in [9.17, 15) is 0 Å². The van der Waals surface area contributed by atoms with Gasteiger partial charge in [0.05, 0.1) is 23.4 Å². The summed E-state index contributed by atoms with van der Waals surface area (Å²) in [5.41, 5.74) is 2.20. The maximum absolute atomic E-state index is 5.50. The topological polar surface area (TPSA) is 78.9 Å². The first kappa shape index (κ1) is 16.1. The fourth-order valence-corrected chi connectivity index (χ4v) is 3.31. The Morgan fingerprint density at radius 2 is 2.12 bits per heavy atom. The molecule has 0 aliphatic carbocycles. The van der Waals surface area contributed by atoms with Crippen LogP contribution in [-0.4, -0.2) is 38.3 Å². The number of halogens is 1. The average molecular weight is 418 g/mol. The number of hydrogen-bond donors (Lipinski definition) is 0. The van der Waals surface area contributed by atoms with Crippen molar-refractivity contribution in [2.45, 2.75) is 5.16 Å². The minimum Gasteiger partial charge on any atom is -0.497 e. The number of ether oxygens (including phenoxy) is 1. The minimum absolute atomic E-state index is 0.596. The largest absolute Gasteiger partial charge is 0.497 e. The summed E-state index contributed by atoms with van der Waals surface area (Å²) in [6.45, 7) is 0. The molecule has 0 unspecified atom stereocenters. The molecule has 0 saturated carbocycles. The monoisotopic (exact) mass is 417 g/mol. The molecule has 0 bridgehead atoms. The van der Waals surface area contributed by atoms with Crippen LogP contribution < -0.4 is 4.74 Å². The van der Waals surface area contributed by atoms with Crippen LogP contribution in [0.25, 0.3) is 28.3 Å². The zero-order valence-electron chi connectivity index (χ0n) is 13.3. The smallest absolute Gasteiger partial charge is 0.190 e. The molecule has 4 rings (SSSR count). The van der Waals surface area contributed by atoms with Gasteiger partial charge in [-0.2, -0.15) is 4.68 Å². The first-order chi connectivity index (χ1) is 12.2. The molecular formula is C16H12BrN5O2S. The van der Waals surface area contributed by atoms with E-state index in [2.05, 4.69) is 36.2 Å². The van der Waals surface area contributed by atoms with Crippen molar-refractivity contribution in [3.05, 3.63) is 41.1 Å². The number of hydrogen-bond acceptors (Lipinski definition) is 7. The molecule has 0 amide bonds. The normalized spacial score (nSPS) is 11.2. The molecule has 3 aromatic heterocycles. The fraction of sp³-hybridized carbons (Fsp3) is 0.125. The number of benzene rings is 1. The standard InChI is InChI=1S/C16H12BrN5O2S/c1-23-9-5-6-11-10(8-9)20-21-22(11)15-13(17)14(12-4-3-7-24-12)18-16(19-15)25-2/h3-8H,1-2H3. The molecule has 1 aromatic carbocycles. The van der Waals surface area contributed by atoms with Gasteiger partial charge in [0.25, 0.3) is 0 Å². The molecule has 9 heteroatoms. The fourth-order valence-electron chi connectivity index (χ4n) is 2.41. The van der Waals surface area contributed by atoms with Crippen molar-refractivity contribution in [1.29, 1.82) is 0 Å². The van der Waals surface area contributed by atoms with Gasteiger partial charge in [0.2, 0.25) is 0 Å². The van der Waals surface area contributed by atoms with Gasteiger partial charge in [0.15, 0.2) is 16.7 Å². The van der Waals surface area contributed by atoms with Crippen LogP contribution in [0, 0.1) is 0 Å². The Morgan fingerprint density at radius 1 is 1.24 bits per heavy atom. The van der Waals surface area contributed by atoms with E-state index < -0.39 is 0 Å². The molecule has 4 aromatic rings. The molecule has 0 radical (unpaired) electrons. The number of aromatic nitrogens is 5. The Hall–Kier alpha value is -2.39. The molecule has 3 heterocycles. The quantitative estimate of drug-likeness (QED) is 0.367. The van der Waals surface area contributed by atoms with Gasteiger partial charge in [-0.05, 0) is 46.5 Å². The lowest BCUT2D eigenvalue weighted by atomic mass is 10.3. The lowest BCUT2D eigenvalue weighted by Crippen LogP contribution is -2.05. The highest BCUT2D eigenvalue weighted by molar-refractivity contribution is 9.10. The Morgan fingerprint density at radius 3 is 2.84 bits per heavy atom. The number of thioether (sulfide) groups is 1. The molecule has 0 fully saturated rings. The molecule has 0 atom stereocenters. The van der Waals surface area contributed by atoms with Crippen LogP contribution in [0.5, 0.6) is 5.75 Å². The lowest BCUT2D eigenvalue weighted by molar-refractivity contribution is 0.415. The van der Waals surface area contributed by atoms with Crippen molar-refractivity contribution in [2.75, 3.05) is 13.4 Å². The highest BCUT2D eigenvalue weighted by Crippen LogP contribution is 2.33. The van der Waals surface area contributed by atoms with Gasteiger partial charge in [0.1, 0.15) is 17.0 Å². The van der Waals surface area contributed by atoms with Crippen LogP contribution in [0.2, 0.25) is 0 Å². The molecule has 0 N–H and O–H groups in total. The molecular weight excluding hydrogens is 406 g/mol. The highest BCUT2D eigenvalue weighted by atomic mass is 79.9. The zero-order valence-corrected chi connectivity index (χ0v) is 15.7. The van der Waals surface area contributed by atoms with E-state index in [0.29, 0.717) is 26.9 Å². The van der Waals surface area contributed by atoms with Crippen molar-refractivity contribution in [3.63, 3.8) is 0 Å². The number of fused-ring (bicyclic) bond motifs is 1. The predicted molar refractivity (Wildman–Crippen MR) is 98.2 cm³/mol. The van der Waals surface area contributed by atoms with E-state index >= 15 is 0 Å². The average Bonchev–Trinajstić information content (AvgIpc) is 3.31. The van der Waals surface area contributed by atoms with Gasteiger partial charge in [-0.15, -0.1) is 5.10 Å². The van der Waals surface area contributed by atoms with Gasteiger partial charge >= 0.3 is 0 Å². The van der Waals surface area contributed by atoms with Gasteiger partial charge in [-0.25, -0.2) is 9.97 Å². The van der Waals surface area contributed by atoms with E-state index in [0.717, 1.165) is 16.8 Å². The van der Waals surface area contributed by atoms with Gasteiger partial charge in [0, 0.05) is 6.07 Å². The minimum atomic E-state index is 0.596. The van der Waals surface area contributed by atoms with Crippen molar-refractivity contribution in [1.82, 2.24) is 25.0 Å². The van der Waals surface area contributed by atoms with E-state index in [1.807, 2.05) is 36.6 Å². The van der Waals surface area contributed by atoms with E-state index in [1.54, 1.807) is 18.1 Å². The Balaban J connectivity index is 1.95. The lowest BCUT2D eigenvalue weighted by Gasteiger charge is -2.09. The van der Waals surface area contributed by atoms with Crippen LogP contribution in [0.15, 0.2) is 50.6 Å². The number of methoxy groups -OCH3 is 1. The second-order valence-electron chi connectivity index (χ2n) is 5.03. The van der Waals surface area contributed by atoms with Crippen molar-refractivity contribution in [2.24, 2.45) is 0 Å². The van der Waals surface area contributed by atoms with Crippen molar-refractivity contribution >= 4 is 38.7 Å². The zero-order chi connectivity index (χ0) is 17.4. The number of rotatable bonds is 4. The van der Waals surface area contributed by atoms with Crippen molar-refractivity contribution < 1.29 is 9.15 Å². The third kappa shape index (κ3) is 2.79. The van der Waals surface area contributed by atoms with Gasteiger partial charge in [-0.1, -0.05) is 17.0 Å². The van der Waals surface area contributed by atoms with Crippen LogP contribution in [-0.2, 0) is 0 Å². The van der Waals surface area contributed by atoms with E-state index in [1.165, 1.54) is 11.8 Å². The molecule has 25 heavy (non-hydrogen) atoms. The van der Waals surface area contributed by atoms with Crippen LogP contribution in [0.1, 0.15) is 0 Å². The third-order valence-electron chi connectivity index (χ3n) is 3.60. The Bertz CT molecular complexity index is 1050. The molecule has 0 aliphatic heterocycles. The first-order valence-corrected chi connectivity index (χ1v) is 9.28. The molecule has 0 aliphatic rings. The van der Waals surface area contributed by atoms with Gasteiger partial charge < -0.3 is 9.15 Å². The van der Waals surface area contributed by atoms with Crippen LogP contribution >= 0.6 is 27.7 Å². The maximum atomic E-state index is 5.50. The summed E-state index contributed by atoms with van der Waals surface area (Å²) in [4.78, 5) is 9.13. The summed E-state index contributed by atoms with van der Waals surface area (Å²) in [6, 6.07) is 9.26. The highest BCUT2D eigenvalue weighted by Gasteiger charge is 2.19. The van der Waals surface area contributed by atoms with Crippen LogP contribution in [0.4, 0.5) is 0 Å². The van der Waals surface area contributed by atoms with E-state index in [-0.39, 0.29) is 0 Å². The number of nitrogens with zero attached hydrogens (tertiary/aromatic N) is 5. The maximum Gasteiger partial charge on any atom is 0.190 e. The summed E-state index contributed by atoms with van der Waals surface area (Å²) in [5, 5.41) is 9.08. The second kappa shape index (κ2) is 6.49. The predicted octanol–water partition coefficient (Wildman–Crippen LogP) is 3.96. The Labute approximate surface area is 155 Å². The third-order valence-corrected chi connectivity index (χ3v) is 4.88. The van der Waals surface area contributed by atoms with Crippen molar-refractivity contribution in [3.8, 4) is 23.0 Å². The summed E-state index contributed by atoms with van der Waals surface area (Å²) in [7, 11) is 1.62. The van der Waals surface area contributed by atoms with E-state index in [4.69, 9.17) is 9.15 Å². The second-order valence-corrected chi connectivity index (χ2v) is 6.60. The van der Waals surface area contributed by atoms with Crippen LogP contribution in [0.3, 0.4) is 0 Å². The summed E-state index contributed by atoms with van der Waals surface area (Å²) in [6.07, 6.45) is 3.53. The number of furan rings is 1. The molecule has 0 saturated heterocycles. The molecule has 7 nitrogen and oxygen atoms in total. The van der Waals surface area contributed by atoms with Gasteiger partial charge in [-0.3, -0.25) is 0 Å². The summed E-state index contributed by atoms with van der Waals surface area (Å²) < 4.78 is 13.1. The molecule has 126 valence electrons.